The number of hydrogen-bond donors (Lipinski definition) is 2. The van der Waals surface area contributed by atoms with Crippen molar-refractivity contribution in [3.63, 3.8) is 0 Å². The van der Waals surface area contributed by atoms with Crippen LogP contribution in [0.1, 0.15) is 57.4 Å². The van der Waals surface area contributed by atoms with Crippen LogP contribution in [0, 0.1) is 0 Å². The van der Waals surface area contributed by atoms with Gasteiger partial charge in [-0.1, -0.05) is 69.7 Å². The van der Waals surface area contributed by atoms with Crippen molar-refractivity contribution in [2.75, 3.05) is 0 Å². The van der Waals surface area contributed by atoms with Gasteiger partial charge in [-0.15, -0.1) is 0 Å². The smallest absolute Gasteiger partial charge is 0.301 e. The fourth-order valence-electron chi connectivity index (χ4n) is 3.04. The Hall–Kier alpha value is -2.05. The summed E-state index contributed by atoms with van der Waals surface area (Å²) in [7, 11) is -4.60. The van der Waals surface area contributed by atoms with E-state index in [1.54, 1.807) is 12.1 Å². The summed E-state index contributed by atoms with van der Waals surface area (Å²) in [6.07, 6.45) is 9.27. The quantitative estimate of drug-likeness (QED) is 0.377. The minimum atomic E-state index is -4.60. The molecule has 0 unspecified atom stereocenters. The first-order valence-electron chi connectivity index (χ1n) is 9.48. The maximum Gasteiger partial charge on any atom is 0.301 e. The number of ether oxygens (including phenoxy) is 1. The number of aryl methyl sites for hydroxylation is 1. The van der Waals surface area contributed by atoms with E-state index in [4.69, 9.17) is 4.74 Å². The molecule has 2 aromatic rings. The molecule has 0 saturated carbocycles. The van der Waals surface area contributed by atoms with Gasteiger partial charge in [0.25, 0.3) is 0 Å². The summed E-state index contributed by atoms with van der Waals surface area (Å²) in [5.74, 6) is -0.108. The molecule has 2 N–H and O–H groups in total. The number of benzene rings is 2. The van der Waals surface area contributed by atoms with Crippen LogP contribution in [0.5, 0.6) is 17.2 Å². The zero-order valence-electron chi connectivity index (χ0n) is 15.7. The number of phenolic OH excluding ortho intramolecular Hbond substituents is 1. The third-order valence-corrected chi connectivity index (χ3v) is 5.38. The van der Waals surface area contributed by atoms with E-state index in [-0.39, 0.29) is 5.75 Å². The summed E-state index contributed by atoms with van der Waals surface area (Å²) in [5.41, 5.74) is 0.968. The Balaban J connectivity index is 2.06. The van der Waals surface area contributed by atoms with Crippen LogP contribution in [-0.2, 0) is 16.5 Å². The van der Waals surface area contributed by atoms with Crippen LogP contribution in [0.3, 0.4) is 0 Å². The van der Waals surface area contributed by atoms with Crippen molar-refractivity contribution >= 4 is 10.1 Å². The first-order chi connectivity index (χ1) is 12.9. The van der Waals surface area contributed by atoms with Crippen molar-refractivity contribution in [1.29, 1.82) is 0 Å². The second kappa shape index (κ2) is 10.3. The summed E-state index contributed by atoms with van der Waals surface area (Å²) >= 11 is 0. The highest BCUT2D eigenvalue weighted by Crippen LogP contribution is 2.36. The summed E-state index contributed by atoms with van der Waals surface area (Å²) in [6.45, 7) is 2.21. The molecule has 0 amide bonds. The zero-order valence-corrected chi connectivity index (χ0v) is 16.5. The predicted octanol–water partition coefficient (Wildman–Crippen LogP) is 5.72. The lowest BCUT2D eigenvalue weighted by Gasteiger charge is -2.14. The van der Waals surface area contributed by atoms with E-state index >= 15 is 0 Å². The van der Waals surface area contributed by atoms with E-state index in [1.807, 2.05) is 12.1 Å². The van der Waals surface area contributed by atoms with Gasteiger partial charge in [-0.2, -0.15) is 8.42 Å². The SMILES string of the molecule is CCCCCCCCCc1ccccc1Oc1cccc(O)c1S(=O)(=O)O. The van der Waals surface area contributed by atoms with Gasteiger partial charge in [-0.25, -0.2) is 0 Å². The molecule has 0 atom stereocenters. The Bertz CT molecular complexity index is 830. The topological polar surface area (TPSA) is 83.8 Å². The second-order valence-corrected chi connectivity index (χ2v) is 8.02. The molecule has 0 saturated heterocycles. The fourth-order valence-corrected chi connectivity index (χ4v) is 3.74. The van der Waals surface area contributed by atoms with Gasteiger partial charge in [0.05, 0.1) is 0 Å². The zero-order chi connectivity index (χ0) is 19.7. The molecule has 0 aromatic heterocycles. The number of unbranched alkanes of at least 4 members (excludes halogenated alkanes) is 6. The Kier molecular flexibility index (Phi) is 8.13. The minimum Gasteiger partial charge on any atom is -0.506 e. The summed E-state index contributed by atoms with van der Waals surface area (Å²) in [5, 5.41) is 9.82. The van der Waals surface area contributed by atoms with Gasteiger partial charge < -0.3 is 9.84 Å². The third-order valence-electron chi connectivity index (χ3n) is 4.46. The number of hydrogen-bond acceptors (Lipinski definition) is 4. The largest absolute Gasteiger partial charge is 0.506 e. The van der Waals surface area contributed by atoms with Gasteiger partial charge in [0.2, 0.25) is 0 Å². The molecule has 27 heavy (non-hydrogen) atoms. The molecule has 0 radical (unpaired) electrons. The molecule has 2 rings (SSSR count). The molecule has 6 heteroatoms. The molecule has 0 aliphatic carbocycles. The Morgan fingerprint density at radius 1 is 0.852 bits per heavy atom. The van der Waals surface area contributed by atoms with Gasteiger partial charge >= 0.3 is 10.1 Å². The highest BCUT2D eigenvalue weighted by molar-refractivity contribution is 7.86. The van der Waals surface area contributed by atoms with Crippen LogP contribution in [0.2, 0.25) is 0 Å². The van der Waals surface area contributed by atoms with Crippen LogP contribution < -0.4 is 4.74 Å². The number of rotatable bonds is 11. The highest BCUT2D eigenvalue weighted by atomic mass is 32.2. The van der Waals surface area contributed by atoms with Gasteiger partial charge in [-0.05, 0) is 36.6 Å². The van der Waals surface area contributed by atoms with E-state index < -0.39 is 20.8 Å². The second-order valence-electron chi connectivity index (χ2n) is 6.66. The lowest BCUT2D eigenvalue weighted by molar-refractivity contribution is 0.413. The minimum absolute atomic E-state index is 0.0930. The molecule has 0 aliphatic rings. The van der Waals surface area contributed by atoms with Crippen molar-refractivity contribution in [2.24, 2.45) is 0 Å². The molecule has 2 aromatic carbocycles. The maximum atomic E-state index is 11.6. The predicted molar refractivity (Wildman–Crippen MR) is 106 cm³/mol. The van der Waals surface area contributed by atoms with Crippen LogP contribution in [0.25, 0.3) is 0 Å². The fraction of sp³-hybridized carbons (Fsp3) is 0.429. The Morgan fingerprint density at radius 3 is 2.19 bits per heavy atom. The molecule has 0 fully saturated rings. The molecule has 0 bridgehead atoms. The average Bonchev–Trinajstić information content (AvgIpc) is 2.61. The van der Waals surface area contributed by atoms with E-state index in [0.717, 1.165) is 24.8 Å². The molecular weight excluding hydrogens is 364 g/mol. The van der Waals surface area contributed by atoms with Gasteiger partial charge in [0.1, 0.15) is 11.5 Å². The molecular formula is C21H28O5S. The third kappa shape index (κ3) is 6.56. The standard InChI is InChI=1S/C21H28O5S/c1-2-3-4-5-6-7-8-12-17-13-9-10-15-19(17)26-20-16-11-14-18(22)21(20)27(23,24)25/h9-11,13-16,22H,2-8,12H2,1H3,(H,23,24,25). The van der Waals surface area contributed by atoms with E-state index in [9.17, 15) is 18.1 Å². The molecule has 0 heterocycles. The van der Waals surface area contributed by atoms with Crippen LogP contribution in [0.15, 0.2) is 47.4 Å². The first-order valence-corrected chi connectivity index (χ1v) is 10.9. The van der Waals surface area contributed by atoms with Crippen LogP contribution in [-0.4, -0.2) is 18.1 Å². The highest BCUT2D eigenvalue weighted by Gasteiger charge is 2.22. The number of aromatic hydroxyl groups is 1. The number of para-hydroxylation sites is 1. The first kappa shape index (κ1) is 21.3. The van der Waals surface area contributed by atoms with E-state index in [0.29, 0.717) is 5.75 Å². The monoisotopic (exact) mass is 392 g/mol. The average molecular weight is 393 g/mol. The molecule has 0 aliphatic heterocycles. The van der Waals surface area contributed by atoms with E-state index in [2.05, 4.69) is 6.92 Å². The lowest BCUT2D eigenvalue weighted by atomic mass is 10.0. The van der Waals surface area contributed by atoms with Crippen molar-refractivity contribution in [1.82, 2.24) is 0 Å². The van der Waals surface area contributed by atoms with Crippen LogP contribution >= 0.6 is 0 Å². The van der Waals surface area contributed by atoms with Crippen molar-refractivity contribution in [3.05, 3.63) is 48.0 Å². The maximum absolute atomic E-state index is 11.6. The van der Waals surface area contributed by atoms with Gasteiger partial charge in [0.15, 0.2) is 10.6 Å². The molecule has 0 spiro atoms. The number of phenols is 1. The van der Waals surface area contributed by atoms with Crippen molar-refractivity contribution in [3.8, 4) is 17.2 Å². The normalized spacial score (nSPS) is 11.5. The van der Waals surface area contributed by atoms with Gasteiger partial charge in [-0.3, -0.25) is 4.55 Å². The van der Waals surface area contributed by atoms with Crippen LogP contribution in [0.4, 0.5) is 0 Å². The lowest BCUT2D eigenvalue weighted by Crippen LogP contribution is -2.02. The van der Waals surface area contributed by atoms with Gasteiger partial charge in [0, 0.05) is 0 Å². The molecule has 148 valence electrons. The Labute approximate surface area is 161 Å². The summed E-state index contributed by atoms with van der Waals surface area (Å²) < 4.78 is 38.3. The molecule has 5 nitrogen and oxygen atoms in total. The summed E-state index contributed by atoms with van der Waals surface area (Å²) in [4.78, 5) is -0.615. The van der Waals surface area contributed by atoms with Crippen molar-refractivity contribution < 1.29 is 22.8 Å². The van der Waals surface area contributed by atoms with Crippen molar-refractivity contribution in [2.45, 2.75) is 63.2 Å². The summed E-state index contributed by atoms with van der Waals surface area (Å²) in [6, 6.07) is 11.5. The Morgan fingerprint density at radius 2 is 1.48 bits per heavy atom. The van der Waals surface area contributed by atoms with E-state index in [1.165, 1.54) is 50.3 Å².